The summed E-state index contributed by atoms with van der Waals surface area (Å²) in [4.78, 5) is 16.4. The van der Waals surface area contributed by atoms with Gasteiger partial charge in [0, 0.05) is 10.2 Å². The molecular formula is C18H18BrN3O2S. The number of thiazole rings is 1. The molecule has 0 aliphatic carbocycles. The minimum atomic E-state index is -0.225. The van der Waals surface area contributed by atoms with Gasteiger partial charge in [0.1, 0.15) is 5.75 Å². The lowest BCUT2D eigenvalue weighted by Crippen LogP contribution is -2.20. The van der Waals surface area contributed by atoms with Crippen molar-refractivity contribution in [3.05, 3.63) is 46.4 Å². The van der Waals surface area contributed by atoms with E-state index in [4.69, 9.17) is 10.5 Å². The van der Waals surface area contributed by atoms with Crippen LogP contribution in [0.15, 0.2) is 40.9 Å². The summed E-state index contributed by atoms with van der Waals surface area (Å²) in [5.41, 5.74) is 8.43. The van der Waals surface area contributed by atoms with Crippen molar-refractivity contribution in [3.63, 3.8) is 0 Å². The smallest absolute Gasteiger partial charge is 0.262 e. The van der Waals surface area contributed by atoms with Crippen LogP contribution in [-0.2, 0) is 4.79 Å². The monoisotopic (exact) mass is 419 g/mol. The predicted octanol–water partition coefficient (Wildman–Crippen LogP) is 4.78. The molecule has 0 aliphatic heterocycles. The number of benzene rings is 2. The third-order valence-electron chi connectivity index (χ3n) is 3.67. The number of ether oxygens (including phenoxy) is 1. The van der Waals surface area contributed by atoms with Gasteiger partial charge in [-0.25, -0.2) is 4.98 Å². The molecule has 0 saturated carbocycles. The van der Waals surface area contributed by atoms with E-state index in [1.807, 2.05) is 30.3 Å². The van der Waals surface area contributed by atoms with Crippen LogP contribution < -0.4 is 15.8 Å². The highest BCUT2D eigenvalue weighted by Crippen LogP contribution is 2.32. The number of carbonyl (C=O) groups is 1. The first kappa shape index (κ1) is 17.7. The average Bonchev–Trinajstić information content (AvgIpc) is 2.94. The quantitative estimate of drug-likeness (QED) is 0.623. The summed E-state index contributed by atoms with van der Waals surface area (Å²) in [7, 11) is 0. The van der Waals surface area contributed by atoms with Crippen LogP contribution in [0.4, 0.5) is 10.8 Å². The van der Waals surface area contributed by atoms with Crippen LogP contribution in [0.3, 0.4) is 0 Å². The van der Waals surface area contributed by atoms with Gasteiger partial charge in [0.2, 0.25) is 0 Å². The first-order chi connectivity index (χ1) is 11.9. The van der Waals surface area contributed by atoms with Crippen LogP contribution in [0, 0.1) is 0 Å². The molecule has 5 nitrogen and oxygen atoms in total. The molecule has 0 fully saturated rings. The normalized spacial score (nSPS) is 11.0. The first-order valence-electron chi connectivity index (χ1n) is 7.80. The molecule has 0 saturated heterocycles. The molecule has 0 atom stereocenters. The largest absolute Gasteiger partial charge is 0.484 e. The van der Waals surface area contributed by atoms with Crippen molar-refractivity contribution in [3.8, 4) is 5.75 Å². The highest BCUT2D eigenvalue weighted by Gasteiger charge is 2.10. The van der Waals surface area contributed by atoms with E-state index in [0.29, 0.717) is 22.5 Å². The van der Waals surface area contributed by atoms with Gasteiger partial charge in [0.15, 0.2) is 11.7 Å². The van der Waals surface area contributed by atoms with Crippen LogP contribution in [-0.4, -0.2) is 17.5 Å². The Balaban J connectivity index is 1.62. The maximum Gasteiger partial charge on any atom is 0.262 e. The van der Waals surface area contributed by atoms with Crippen LogP contribution in [0.2, 0.25) is 0 Å². The van der Waals surface area contributed by atoms with Crippen molar-refractivity contribution in [2.45, 2.75) is 19.8 Å². The topological polar surface area (TPSA) is 77.2 Å². The molecule has 2 aromatic carbocycles. The molecule has 0 bridgehead atoms. The van der Waals surface area contributed by atoms with Crippen molar-refractivity contribution in [2.24, 2.45) is 0 Å². The molecule has 1 aromatic heterocycles. The van der Waals surface area contributed by atoms with E-state index in [1.165, 1.54) is 16.9 Å². The fraction of sp³-hybridized carbons (Fsp3) is 0.222. The number of rotatable bonds is 5. The highest BCUT2D eigenvalue weighted by molar-refractivity contribution is 9.10. The predicted molar refractivity (Wildman–Crippen MR) is 106 cm³/mol. The van der Waals surface area contributed by atoms with Crippen LogP contribution in [0.1, 0.15) is 25.3 Å². The number of aromatic nitrogens is 1. The maximum atomic E-state index is 12.1. The van der Waals surface area contributed by atoms with E-state index >= 15 is 0 Å². The van der Waals surface area contributed by atoms with Gasteiger partial charge in [-0.2, -0.15) is 0 Å². The molecule has 0 radical (unpaired) electrons. The zero-order valence-corrected chi connectivity index (χ0v) is 16.3. The molecule has 7 heteroatoms. The summed E-state index contributed by atoms with van der Waals surface area (Å²) in [5, 5.41) is 3.32. The van der Waals surface area contributed by atoms with Crippen molar-refractivity contribution >= 4 is 54.2 Å². The Hall–Kier alpha value is -2.12. The van der Waals surface area contributed by atoms with E-state index in [2.05, 4.69) is 40.1 Å². The number of nitrogens with one attached hydrogen (secondary N) is 1. The van der Waals surface area contributed by atoms with Gasteiger partial charge in [-0.05, 0) is 51.7 Å². The zero-order chi connectivity index (χ0) is 18.0. The van der Waals surface area contributed by atoms with Crippen molar-refractivity contribution < 1.29 is 9.53 Å². The molecule has 0 spiro atoms. The second-order valence-electron chi connectivity index (χ2n) is 5.92. The Morgan fingerprint density at radius 2 is 2.04 bits per heavy atom. The number of fused-ring (bicyclic) bond motifs is 1. The number of nitrogens with two attached hydrogens (primary N) is 1. The summed E-state index contributed by atoms with van der Waals surface area (Å²) in [6.45, 7) is 4.21. The van der Waals surface area contributed by atoms with E-state index in [1.54, 1.807) is 6.07 Å². The SMILES string of the molecule is CC(C)c1ccc(OCC(=O)Nc2cc(Br)c3nc(N)sc3c2)cc1. The number of nitrogens with zero attached hydrogens (tertiary/aromatic N) is 1. The fourth-order valence-electron chi connectivity index (χ4n) is 2.37. The van der Waals surface area contributed by atoms with E-state index in [-0.39, 0.29) is 12.5 Å². The Labute approximate surface area is 158 Å². The summed E-state index contributed by atoms with van der Waals surface area (Å²) >= 11 is 4.83. The average molecular weight is 420 g/mol. The Kier molecular flexibility index (Phi) is 5.24. The van der Waals surface area contributed by atoms with Gasteiger partial charge in [-0.1, -0.05) is 37.3 Å². The number of carbonyl (C=O) groups excluding carboxylic acids is 1. The van der Waals surface area contributed by atoms with Crippen LogP contribution in [0.5, 0.6) is 5.75 Å². The molecule has 130 valence electrons. The van der Waals surface area contributed by atoms with Crippen LogP contribution in [0.25, 0.3) is 10.2 Å². The number of amides is 1. The van der Waals surface area contributed by atoms with Crippen LogP contribution >= 0.6 is 27.3 Å². The molecule has 3 aromatic rings. The lowest BCUT2D eigenvalue weighted by atomic mass is 10.0. The van der Waals surface area contributed by atoms with Gasteiger partial charge in [0.05, 0.1) is 10.2 Å². The number of halogens is 1. The molecule has 3 rings (SSSR count). The van der Waals surface area contributed by atoms with Gasteiger partial charge < -0.3 is 15.8 Å². The lowest BCUT2D eigenvalue weighted by molar-refractivity contribution is -0.118. The summed E-state index contributed by atoms with van der Waals surface area (Å²) in [6.07, 6.45) is 0. The summed E-state index contributed by atoms with van der Waals surface area (Å²) in [6, 6.07) is 11.4. The van der Waals surface area contributed by atoms with Gasteiger partial charge in [0.25, 0.3) is 5.91 Å². The molecule has 3 N–H and O–H groups in total. The van der Waals surface area contributed by atoms with Gasteiger partial charge >= 0.3 is 0 Å². The Morgan fingerprint density at radius 3 is 2.72 bits per heavy atom. The maximum absolute atomic E-state index is 12.1. The third kappa shape index (κ3) is 4.29. The second kappa shape index (κ2) is 7.41. The molecule has 1 heterocycles. The Morgan fingerprint density at radius 1 is 1.32 bits per heavy atom. The van der Waals surface area contributed by atoms with Crippen molar-refractivity contribution in [1.82, 2.24) is 4.98 Å². The second-order valence-corrected chi connectivity index (χ2v) is 7.83. The number of hydrogen-bond donors (Lipinski definition) is 2. The fourth-order valence-corrected chi connectivity index (χ4v) is 3.85. The Bertz CT molecular complexity index is 907. The minimum absolute atomic E-state index is 0.0541. The number of hydrogen-bond acceptors (Lipinski definition) is 5. The van der Waals surface area contributed by atoms with Gasteiger partial charge in [-0.3, -0.25) is 4.79 Å². The van der Waals surface area contributed by atoms with E-state index in [0.717, 1.165) is 14.7 Å². The lowest BCUT2D eigenvalue weighted by Gasteiger charge is -2.10. The molecule has 0 unspecified atom stereocenters. The third-order valence-corrected chi connectivity index (χ3v) is 5.10. The standard InChI is InChI=1S/C18H18BrN3O2S/c1-10(2)11-3-5-13(6-4-11)24-9-16(23)21-12-7-14(19)17-15(8-12)25-18(20)22-17/h3-8,10H,9H2,1-2H3,(H2,20,22)(H,21,23). The van der Waals surface area contributed by atoms with Crippen molar-refractivity contribution in [2.75, 3.05) is 17.7 Å². The zero-order valence-electron chi connectivity index (χ0n) is 13.9. The van der Waals surface area contributed by atoms with Gasteiger partial charge in [-0.15, -0.1) is 0 Å². The highest BCUT2D eigenvalue weighted by atomic mass is 79.9. The minimum Gasteiger partial charge on any atom is -0.484 e. The number of nitrogen functional groups attached to an aromatic ring is 1. The molecular weight excluding hydrogens is 402 g/mol. The van der Waals surface area contributed by atoms with E-state index in [9.17, 15) is 4.79 Å². The molecule has 1 amide bonds. The molecule has 25 heavy (non-hydrogen) atoms. The number of anilines is 2. The first-order valence-corrected chi connectivity index (χ1v) is 9.41. The van der Waals surface area contributed by atoms with Crippen molar-refractivity contribution in [1.29, 1.82) is 0 Å². The van der Waals surface area contributed by atoms with E-state index < -0.39 is 0 Å². The summed E-state index contributed by atoms with van der Waals surface area (Å²) in [5.74, 6) is 0.912. The summed E-state index contributed by atoms with van der Waals surface area (Å²) < 4.78 is 7.24. The molecule has 0 aliphatic rings.